The largest absolute Gasteiger partial charge is 0.347 e. The van der Waals surface area contributed by atoms with E-state index in [9.17, 15) is 27.6 Å². The summed E-state index contributed by atoms with van der Waals surface area (Å²) in [6.07, 6.45) is 0.742. The van der Waals surface area contributed by atoms with Crippen molar-refractivity contribution in [3.05, 3.63) is 35.4 Å². The van der Waals surface area contributed by atoms with Crippen LogP contribution in [-0.2, 0) is 19.4 Å². The van der Waals surface area contributed by atoms with Crippen LogP contribution >= 0.6 is 0 Å². The molecule has 0 bridgehead atoms. The molecular formula is C17H21N3O6S. The number of benzene rings is 1. The SMILES string of the molecule is CN(C)C(=O)CNC(=O)[C@@H](CCS(C)(=O)=O)N1C(=O)c2ccccc2C1=O. The molecule has 10 heteroatoms. The second-order valence-corrected chi connectivity index (χ2v) is 8.73. The first-order valence-corrected chi connectivity index (χ1v) is 10.2. The van der Waals surface area contributed by atoms with Gasteiger partial charge in [-0.2, -0.15) is 0 Å². The number of carbonyl (C=O) groups is 4. The highest BCUT2D eigenvalue weighted by atomic mass is 32.2. The zero-order valence-corrected chi connectivity index (χ0v) is 16.1. The van der Waals surface area contributed by atoms with Crippen LogP contribution in [0.2, 0.25) is 0 Å². The zero-order chi connectivity index (χ0) is 20.4. The lowest BCUT2D eigenvalue weighted by Crippen LogP contribution is -2.51. The molecule has 1 aromatic carbocycles. The quantitative estimate of drug-likeness (QED) is 0.609. The Hall–Kier alpha value is -2.75. The maximum atomic E-state index is 12.6. The lowest BCUT2D eigenvalue weighted by Gasteiger charge is -2.25. The van der Waals surface area contributed by atoms with Crippen LogP contribution in [0.25, 0.3) is 0 Å². The lowest BCUT2D eigenvalue weighted by molar-refractivity contribution is -0.132. The van der Waals surface area contributed by atoms with Crippen LogP contribution in [0.1, 0.15) is 27.1 Å². The Kier molecular flexibility index (Phi) is 5.99. The van der Waals surface area contributed by atoms with Gasteiger partial charge in [-0.15, -0.1) is 0 Å². The third kappa shape index (κ3) is 4.70. The molecule has 1 aliphatic rings. The summed E-state index contributed by atoms with van der Waals surface area (Å²) in [6.45, 7) is -0.329. The third-order valence-electron chi connectivity index (χ3n) is 4.11. The highest BCUT2D eigenvalue weighted by molar-refractivity contribution is 7.90. The number of nitrogens with one attached hydrogen (secondary N) is 1. The normalized spacial score (nSPS) is 14.7. The van der Waals surface area contributed by atoms with E-state index in [1.807, 2.05) is 0 Å². The zero-order valence-electron chi connectivity index (χ0n) is 15.3. The van der Waals surface area contributed by atoms with Crippen molar-refractivity contribution in [2.24, 2.45) is 0 Å². The van der Waals surface area contributed by atoms with Crippen LogP contribution in [0, 0.1) is 0 Å². The Balaban J connectivity index is 2.27. The number of rotatable bonds is 7. The van der Waals surface area contributed by atoms with Gasteiger partial charge in [0.05, 0.1) is 23.4 Å². The highest BCUT2D eigenvalue weighted by Gasteiger charge is 2.42. The smallest absolute Gasteiger partial charge is 0.262 e. The summed E-state index contributed by atoms with van der Waals surface area (Å²) in [6, 6.07) is 4.79. The predicted octanol–water partition coefficient (Wildman–Crippen LogP) is -0.710. The number of fused-ring (bicyclic) bond motifs is 1. The number of nitrogens with zero attached hydrogens (tertiary/aromatic N) is 2. The number of hydrogen-bond acceptors (Lipinski definition) is 6. The van der Waals surface area contributed by atoms with Crippen molar-refractivity contribution >= 4 is 33.5 Å². The molecule has 0 saturated carbocycles. The molecule has 4 amide bonds. The molecule has 1 aromatic rings. The van der Waals surface area contributed by atoms with Gasteiger partial charge >= 0.3 is 0 Å². The van der Waals surface area contributed by atoms with Crippen molar-refractivity contribution in [1.82, 2.24) is 15.1 Å². The topological polar surface area (TPSA) is 121 Å². The summed E-state index contributed by atoms with van der Waals surface area (Å²) >= 11 is 0. The molecule has 0 aromatic heterocycles. The molecule has 0 aliphatic carbocycles. The van der Waals surface area contributed by atoms with Crippen LogP contribution in [0.4, 0.5) is 0 Å². The van der Waals surface area contributed by atoms with Crippen LogP contribution in [0.15, 0.2) is 24.3 Å². The third-order valence-corrected chi connectivity index (χ3v) is 5.09. The standard InChI is InChI=1S/C17H21N3O6S/c1-19(2)14(21)10-18-15(22)13(8-9-27(3,25)26)20-16(23)11-6-4-5-7-12(11)17(20)24/h4-7,13H,8-10H2,1-3H3,(H,18,22)/t13-/m1/s1. The van der Waals surface area contributed by atoms with E-state index in [2.05, 4.69) is 5.32 Å². The summed E-state index contributed by atoms with van der Waals surface area (Å²) in [7, 11) is -0.406. The summed E-state index contributed by atoms with van der Waals surface area (Å²) in [5.74, 6) is -2.86. The van der Waals surface area contributed by atoms with Gasteiger partial charge in [0.2, 0.25) is 11.8 Å². The lowest BCUT2D eigenvalue weighted by atomic mass is 10.1. The minimum absolute atomic E-state index is 0.157. The molecule has 146 valence electrons. The van der Waals surface area contributed by atoms with E-state index in [4.69, 9.17) is 0 Å². The Labute approximate surface area is 157 Å². The van der Waals surface area contributed by atoms with Gasteiger partial charge in [-0.25, -0.2) is 8.42 Å². The van der Waals surface area contributed by atoms with Gasteiger partial charge in [0.25, 0.3) is 11.8 Å². The first-order valence-electron chi connectivity index (χ1n) is 8.15. The first kappa shape index (κ1) is 20.6. The van der Waals surface area contributed by atoms with Gasteiger partial charge in [-0.1, -0.05) is 12.1 Å². The molecule has 0 fully saturated rings. The molecule has 0 spiro atoms. The summed E-state index contributed by atoms with van der Waals surface area (Å²) in [5, 5.41) is 2.37. The van der Waals surface area contributed by atoms with E-state index in [1.54, 1.807) is 12.1 Å². The van der Waals surface area contributed by atoms with E-state index >= 15 is 0 Å². The van der Waals surface area contributed by atoms with Crippen molar-refractivity contribution in [2.45, 2.75) is 12.5 Å². The summed E-state index contributed by atoms with van der Waals surface area (Å²) in [5.41, 5.74) is 0.313. The predicted molar refractivity (Wildman–Crippen MR) is 96.8 cm³/mol. The van der Waals surface area contributed by atoms with E-state index in [0.717, 1.165) is 11.2 Å². The molecule has 0 radical (unpaired) electrons. The minimum atomic E-state index is -3.43. The fourth-order valence-corrected chi connectivity index (χ4v) is 3.28. The molecule has 0 saturated heterocycles. The van der Waals surface area contributed by atoms with Gasteiger partial charge < -0.3 is 10.2 Å². The van der Waals surface area contributed by atoms with Gasteiger partial charge in [-0.05, 0) is 18.6 Å². The van der Waals surface area contributed by atoms with Crippen molar-refractivity contribution in [3.8, 4) is 0 Å². The van der Waals surface area contributed by atoms with Crippen molar-refractivity contribution in [3.63, 3.8) is 0 Å². The number of sulfone groups is 1. The number of amides is 4. The number of carbonyl (C=O) groups excluding carboxylic acids is 4. The number of hydrogen-bond donors (Lipinski definition) is 1. The maximum absolute atomic E-state index is 12.6. The Morgan fingerprint density at radius 2 is 1.63 bits per heavy atom. The van der Waals surface area contributed by atoms with Gasteiger partial charge in [0.15, 0.2) is 0 Å². The van der Waals surface area contributed by atoms with E-state index in [1.165, 1.54) is 31.1 Å². The molecule has 1 atom stereocenters. The van der Waals surface area contributed by atoms with Crippen molar-refractivity contribution in [1.29, 1.82) is 0 Å². The van der Waals surface area contributed by atoms with Gasteiger partial charge in [0.1, 0.15) is 15.9 Å². The monoisotopic (exact) mass is 395 g/mol. The molecule has 1 aliphatic heterocycles. The number of likely N-dealkylation sites (N-methyl/N-ethyl adjacent to an activating group) is 1. The summed E-state index contributed by atoms with van der Waals surface area (Å²) < 4.78 is 23.1. The second kappa shape index (κ2) is 7.87. The second-order valence-electron chi connectivity index (χ2n) is 6.47. The van der Waals surface area contributed by atoms with Crippen LogP contribution < -0.4 is 5.32 Å². The highest BCUT2D eigenvalue weighted by Crippen LogP contribution is 2.25. The molecule has 27 heavy (non-hydrogen) atoms. The number of imide groups is 1. The van der Waals surface area contributed by atoms with Crippen LogP contribution in [0.5, 0.6) is 0 Å². The van der Waals surface area contributed by atoms with E-state index < -0.39 is 33.6 Å². The van der Waals surface area contributed by atoms with E-state index in [-0.39, 0.29) is 35.8 Å². The fraction of sp³-hybridized carbons (Fsp3) is 0.412. The first-order chi connectivity index (χ1) is 12.5. The van der Waals surface area contributed by atoms with Crippen LogP contribution in [0.3, 0.4) is 0 Å². The van der Waals surface area contributed by atoms with Crippen LogP contribution in [-0.4, -0.2) is 80.5 Å². The van der Waals surface area contributed by atoms with E-state index in [0.29, 0.717) is 0 Å². The average Bonchev–Trinajstić information content (AvgIpc) is 2.84. The minimum Gasteiger partial charge on any atom is -0.347 e. The fourth-order valence-electron chi connectivity index (χ4n) is 2.63. The van der Waals surface area contributed by atoms with Crippen molar-refractivity contribution in [2.75, 3.05) is 32.6 Å². The summed E-state index contributed by atoms with van der Waals surface area (Å²) in [4.78, 5) is 51.6. The molecule has 0 unspecified atom stereocenters. The Morgan fingerprint density at radius 1 is 1.11 bits per heavy atom. The maximum Gasteiger partial charge on any atom is 0.262 e. The molecule has 1 N–H and O–H groups in total. The Bertz CT molecular complexity index is 859. The van der Waals surface area contributed by atoms with Crippen molar-refractivity contribution < 1.29 is 27.6 Å². The molecule has 1 heterocycles. The van der Waals surface area contributed by atoms with Gasteiger partial charge in [0, 0.05) is 20.4 Å². The van der Waals surface area contributed by atoms with Gasteiger partial charge in [-0.3, -0.25) is 24.1 Å². The molecular weight excluding hydrogens is 374 g/mol. The molecule has 9 nitrogen and oxygen atoms in total. The Morgan fingerprint density at radius 3 is 2.07 bits per heavy atom. The average molecular weight is 395 g/mol. The molecule has 2 rings (SSSR count).